The van der Waals surface area contributed by atoms with E-state index in [0.717, 1.165) is 43.7 Å². The minimum atomic E-state index is -4.53. The van der Waals surface area contributed by atoms with Gasteiger partial charge in [-0.25, -0.2) is 4.79 Å². The number of nitrogens with zero attached hydrogens (tertiary/aromatic N) is 3. The molecule has 0 radical (unpaired) electrons. The van der Waals surface area contributed by atoms with E-state index >= 15 is 0 Å². The lowest BCUT2D eigenvalue weighted by atomic mass is 9.97. The molecule has 1 atom stereocenters. The molecule has 2 aromatic carbocycles. The SMILES string of the molecule is C[N+](Cc1ccccc1C(F)(F)F)(C(=O)CNc1cccc2c1CCN(CC1CC1)C2)c1ccno1. The van der Waals surface area contributed by atoms with E-state index in [4.69, 9.17) is 4.52 Å². The number of carbonyl (C=O) groups is 1. The van der Waals surface area contributed by atoms with Crippen LogP contribution in [0.3, 0.4) is 0 Å². The van der Waals surface area contributed by atoms with Crippen LogP contribution in [-0.2, 0) is 30.5 Å². The summed E-state index contributed by atoms with van der Waals surface area (Å²) in [7, 11) is 1.56. The maximum atomic E-state index is 13.7. The molecule has 0 spiro atoms. The number of carbonyl (C=O) groups excluding carboxylic acids is 1. The predicted octanol–water partition coefficient (Wildman–Crippen LogP) is 5.24. The number of quaternary nitrogens is 1. The second kappa shape index (κ2) is 9.71. The highest BCUT2D eigenvalue weighted by Crippen LogP contribution is 2.35. The van der Waals surface area contributed by atoms with Crippen LogP contribution in [0.1, 0.15) is 35.1 Å². The Morgan fingerprint density at radius 2 is 1.97 bits per heavy atom. The third-order valence-electron chi connectivity index (χ3n) is 7.26. The van der Waals surface area contributed by atoms with Gasteiger partial charge in [0.2, 0.25) is 0 Å². The number of benzene rings is 2. The van der Waals surface area contributed by atoms with Crippen molar-refractivity contribution in [2.75, 3.05) is 32.0 Å². The summed E-state index contributed by atoms with van der Waals surface area (Å²) in [5.74, 6) is 0.691. The predicted molar refractivity (Wildman–Crippen MR) is 131 cm³/mol. The quantitative estimate of drug-likeness (QED) is 0.430. The molecule has 36 heavy (non-hydrogen) atoms. The van der Waals surface area contributed by atoms with E-state index in [1.54, 1.807) is 13.1 Å². The van der Waals surface area contributed by atoms with E-state index in [1.165, 1.54) is 48.4 Å². The van der Waals surface area contributed by atoms with Gasteiger partial charge in [0.15, 0.2) is 0 Å². The van der Waals surface area contributed by atoms with E-state index in [9.17, 15) is 18.0 Å². The van der Waals surface area contributed by atoms with Crippen LogP contribution in [0.15, 0.2) is 59.3 Å². The standard InChI is InChI=1S/C27H30F3N4O2/c1-34(26-11-13-32-36-26,18-21-5-2-3-7-23(21)27(28,29)30)25(35)15-31-24-8-4-6-20-17-33(14-12-22(20)24)16-19-9-10-19/h2-8,11,13,19,31H,9-10,12,14-18H2,1H3/q+1. The van der Waals surface area contributed by atoms with E-state index < -0.39 is 16.2 Å². The minimum absolute atomic E-state index is 0.0186. The number of nitrogens with one attached hydrogen (secondary N) is 1. The van der Waals surface area contributed by atoms with Gasteiger partial charge in [0.1, 0.15) is 13.1 Å². The van der Waals surface area contributed by atoms with Gasteiger partial charge >= 0.3 is 18.0 Å². The maximum absolute atomic E-state index is 13.7. The molecule has 5 rings (SSSR count). The number of fused-ring (bicyclic) bond motifs is 1. The van der Waals surface area contributed by atoms with Crippen molar-refractivity contribution in [1.82, 2.24) is 14.5 Å². The molecule has 0 saturated heterocycles. The van der Waals surface area contributed by atoms with Gasteiger partial charge in [-0.2, -0.15) is 17.7 Å². The lowest BCUT2D eigenvalue weighted by Gasteiger charge is -2.31. The molecule has 1 aliphatic carbocycles. The van der Waals surface area contributed by atoms with Crippen LogP contribution < -0.4 is 9.80 Å². The molecule has 0 bridgehead atoms. The molecule has 1 N–H and O–H groups in total. The van der Waals surface area contributed by atoms with Gasteiger partial charge in [0, 0.05) is 30.9 Å². The van der Waals surface area contributed by atoms with Crippen LogP contribution in [-0.4, -0.2) is 42.6 Å². The van der Waals surface area contributed by atoms with Gasteiger partial charge in [-0.15, -0.1) is 0 Å². The molecule has 1 amide bonds. The molecule has 1 aliphatic heterocycles. The summed E-state index contributed by atoms with van der Waals surface area (Å²) in [6, 6.07) is 12.9. The van der Waals surface area contributed by atoms with Crippen molar-refractivity contribution in [1.29, 1.82) is 0 Å². The van der Waals surface area contributed by atoms with E-state index in [2.05, 4.69) is 21.4 Å². The van der Waals surface area contributed by atoms with Gasteiger partial charge in [0.05, 0.1) is 24.9 Å². The highest BCUT2D eigenvalue weighted by atomic mass is 19.4. The number of alkyl halides is 3. The van der Waals surface area contributed by atoms with Crippen molar-refractivity contribution >= 4 is 17.5 Å². The number of anilines is 1. The largest absolute Gasteiger partial charge is 0.416 e. The second-order valence-corrected chi connectivity index (χ2v) is 9.97. The number of rotatable bonds is 8. The molecule has 2 aliphatic rings. The maximum Gasteiger partial charge on any atom is 0.416 e. The molecule has 1 saturated carbocycles. The average molecular weight is 500 g/mol. The van der Waals surface area contributed by atoms with Crippen LogP contribution in [0, 0.1) is 5.92 Å². The zero-order valence-electron chi connectivity index (χ0n) is 20.2. The fourth-order valence-electron chi connectivity index (χ4n) is 5.03. The number of halogens is 3. The van der Waals surface area contributed by atoms with Crippen LogP contribution in [0.2, 0.25) is 0 Å². The number of likely N-dealkylation sites (N-methyl/N-ethyl adjacent to an activating group) is 1. The van der Waals surface area contributed by atoms with Crippen LogP contribution in [0.5, 0.6) is 0 Å². The Balaban J connectivity index is 1.35. The first-order chi connectivity index (χ1) is 17.2. The summed E-state index contributed by atoms with van der Waals surface area (Å²) in [4.78, 5) is 16.1. The first kappa shape index (κ1) is 24.5. The summed E-state index contributed by atoms with van der Waals surface area (Å²) < 4.78 is 45.8. The summed E-state index contributed by atoms with van der Waals surface area (Å²) in [5, 5.41) is 6.97. The summed E-state index contributed by atoms with van der Waals surface area (Å²) in [6.45, 7) is 2.75. The zero-order chi connectivity index (χ0) is 25.3. The molecule has 6 nitrogen and oxygen atoms in total. The summed E-state index contributed by atoms with van der Waals surface area (Å²) in [6.07, 6.45) is 0.405. The van der Waals surface area contributed by atoms with Crippen molar-refractivity contribution in [3.05, 3.63) is 77.0 Å². The van der Waals surface area contributed by atoms with Gasteiger partial charge in [-0.05, 0) is 48.4 Å². The van der Waals surface area contributed by atoms with Gasteiger partial charge in [-0.1, -0.05) is 35.5 Å². The fourth-order valence-corrected chi connectivity index (χ4v) is 5.03. The molecule has 1 fully saturated rings. The van der Waals surface area contributed by atoms with Gasteiger partial charge in [0.25, 0.3) is 0 Å². The van der Waals surface area contributed by atoms with E-state index in [1.807, 2.05) is 12.1 Å². The first-order valence-corrected chi connectivity index (χ1v) is 12.3. The van der Waals surface area contributed by atoms with Crippen molar-refractivity contribution in [2.45, 2.75) is 38.5 Å². The molecule has 1 unspecified atom stereocenters. The summed E-state index contributed by atoms with van der Waals surface area (Å²) in [5.41, 5.74) is 2.61. The third-order valence-corrected chi connectivity index (χ3v) is 7.26. The normalized spacial score (nSPS) is 17.9. The summed E-state index contributed by atoms with van der Waals surface area (Å²) >= 11 is 0. The Hall–Kier alpha value is -3.17. The topological polar surface area (TPSA) is 58.4 Å². The van der Waals surface area contributed by atoms with Crippen molar-refractivity contribution in [2.24, 2.45) is 5.92 Å². The highest BCUT2D eigenvalue weighted by Gasteiger charge is 2.41. The average Bonchev–Trinajstić information content (AvgIpc) is 3.48. The monoisotopic (exact) mass is 499 g/mol. The number of hydrogen-bond donors (Lipinski definition) is 1. The zero-order valence-corrected chi connectivity index (χ0v) is 20.2. The number of amides is 1. The van der Waals surface area contributed by atoms with Gasteiger partial charge in [-0.3, -0.25) is 4.90 Å². The Kier molecular flexibility index (Phi) is 6.61. The molecular weight excluding hydrogens is 469 g/mol. The highest BCUT2D eigenvalue weighted by molar-refractivity contribution is 5.90. The lowest BCUT2D eigenvalue weighted by Crippen LogP contribution is -2.52. The molecular formula is C27H30F3N4O2+. The van der Waals surface area contributed by atoms with Crippen LogP contribution in [0.4, 0.5) is 24.7 Å². The molecule has 2 heterocycles. The smallest absolute Gasteiger partial charge is 0.373 e. The van der Waals surface area contributed by atoms with Crippen molar-refractivity contribution < 1.29 is 22.5 Å². The second-order valence-electron chi connectivity index (χ2n) is 9.97. The van der Waals surface area contributed by atoms with Crippen LogP contribution in [0.25, 0.3) is 0 Å². The molecule has 1 aromatic heterocycles. The Morgan fingerprint density at radius 3 is 2.69 bits per heavy atom. The van der Waals surface area contributed by atoms with E-state index in [-0.39, 0.29) is 30.4 Å². The van der Waals surface area contributed by atoms with Crippen LogP contribution >= 0.6 is 0 Å². The minimum Gasteiger partial charge on any atom is -0.373 e. The fraction of sp³-hybridized carbons (Fsp3) is 0.407. The lowest BCUT2D eigenvalue weighted by molar-refractivity contribution is -0.139. The number of aromatic nitrogens is 1. The first-order valence-electron chi connectivity index (χ1n) is 12.3. The van der Waals surface area contributed by atoms with E-state index in [0.29, 0.717) is 0 Å². The van der Waals surface area contributed by atoms with Crippen molar-refractivity contribution in [3.63, 3.8) is 0 Å². The Labute approximate surface area is 208 Å². The Bertz CT molecular complexity index is 1220. The third kappa shape index (κ3) is 5.17. The van der Waals surface area contributed by atoms with Crippen molar-refractivity contribution in [3.8, 4) is 0 Å². The molecule has 3 aromatic rings. The number of hydrogen-bond acceptors (Lipinski definition) is 5. The molecule has 190 valence electrons. The molecule has 9 heteroatoms. The Morgan fingerprint density at radius 1 is 1.17 bits per heavy atom. The van der Waals surface area contributed by atoms with Gasteiger partial charge < -0.3 is 9.84 Å².